The van der Waals surface area contributed by atoms with Crippen LogP contribution in [0, 0.1) is 0 Å². The molecule has 3 aromatic carbocycles. The molecule has 0 spiro atoms. The van der Waals surface area contributed by atoms with Gasteiger partial charge in [0.15, 0.2) is 0 Å². The molecule has 11 nitrogen and oxygen atoms in total. The summed E-state index contributed by atoms with van der Waals surface area (Å²) in [5.74, 6) is -0.854. The topological polar surface area (TPSA) is 131 Å². The van der Waals surface area contributed by atoms with Crippen LogP contribution in [0.25, 0.3) is 0 Å². The van der Waals surface area contributed by atoms with E-state index < -0.39 is 54.2 Å². The molecule has 2 N–H and O–H groups in total. The molecule has 0 aliphatic carbocycles. The molecule has 0 saturated carbocycles. The number of alkyl carbamates (subject to hydrolysis) is 1. The number of methoxy groups -OCH3 is 1. The van der Waals surface area contributed by atoms with Gasteiger partial charge in [0.1, 0.15) is 30.0 Å². The summed E-state index contributed by atoms with van der Waals surface area (Å²) in [5, 5.41) is 5.67. The van der Waals surface area contributed by atoms with Crippen LogP contribution in [0.4, 0.5) is 4.79 Å². The molecular weight excluding hydrogens is 664 g/mol. The van der Waals surface area contributed by atoms with Gasteiger partial charge in [-0.3, -0.25) is 4.79 Å². The van der Waals surface area contributed by atoms with Crippen LogP contribution in [0.2, 0.25) is 0 Å². The second-order valence-electron chi connectivity index (χ2n) is 13.6. The van der Waals surface area contributed by atoms with Crippen LogP contribution in [0.1, 0.15) is 57.2 Å². The molecule has 1 heterocycles. The van der Waals surface area contributed by atoms with Crippen molar-refractivity contribution >= 4 is 18.0 Å². The van der Waals surface area contributed by atoms with E-state index in [2.05, 4.69) is 10.6 Å². The van der Waals surface area contributed by atoms with E-state index in [0.717, 1.165) is 16.7 Å². The van der Waals surface area contributed by atoms with Gasteiger partial charge in [0.25, 0.3) is 0 Å². The van der Waals surface area contributed by atoms with E-state index in [1.807, 2.05) is 97.1 Å². The maximum absolute atomic E-state index is 12.7. The second kappa shape index (κ2) is 20.5. The van der Waals surface area contributed by atoms with Gasteiger partial charge >= 0.3 is 12.1 Å². The third-order valence-electron chi connectivity index (χ3n) is 8.21. The standard InChI is InChI=1S/C41H52N2O9/c1-29(44)42-36-34(24-16-15-23-33(39(45)47-5)43-40(46)52-41(2,3)4)51-35(28-48-25-30-17-9-6-10-18-30)37(49-26-31-19-11-7-12-20-31)38(36)50-27-32-21-13-8-14-22-32/h6-22,33-38H,23-28H2,1-5H3,(H,42,44)(H,43,46)/b16-15+/t33-,34+,35+,36-,37+,38+/m0/s1. The molecule has 6 atom stereocenters. The van der Waals surface area contributed by atoms with Gasteiger partial charge in [-0.2, -0.15) is 0 Å². The van der Waals surface area contributed by atoms with E-state index in [9.17, 15) is 14.4 Å². The first-order valence-corrected chi connectivity index (χ1v) is 17.6. The first-order valence-electron chi connectivity index (χ1n) is 17.6. The summed E-state index contributed by atoms with van der Waals surface area (Å²) in [4.78, 5) is 37.7. The number of carbonyl (C=O) groups excluding carboxylic acids is 3. The van der Waals surface area contributed by atoms with Gasteiger partial charge < -0.3 is 39.1 Å². The lowest BCUT2D eigenvalue weighted by Gasteiger charge is -2.46. The lowest BCUT2D eigenvalue weighted by atomic mass is 9.90. The first kappa shape index (κ1) is 40.2. The molecular formula is C41H52N2O9. The zero-order chi connectivity index (χ0) is 37.3. The van der Waals surface area contributed by atoms with Gasteiger partial charge in [-0.15, -0.1) is 0 Å². The van der Waals surface area contributed by atoms with Crippen molar-refractivity contribution in [2.24, 2.45) is 0 Å². The van der Waals surface area contributed by atoms with Crippen molar-refractivity contribution in [3.8, 4) is 0 Å². The Labute approximate surface area is 307 Å². The molecule has 1 fully saturated rings. The number of hydrogen-bond acceptors (Lipinski definition) is 9. The molecule has 52 heavy (non-hydrogen) atoms. The van der Waals surface area contributed by atoms with Gasteiger partial charge in [-0.05, 0) is 50.3 Å². The Kier molecular flexibility index (Phi) is 15.8. The average molecular weight is 717 g/mol. The van der Waals surface area contributed by atoms with Crippen LogP contribution < -0.4 is 10.6 Å². The van der Waals surface area contributed by atoms with Gasteiger partial charge in [0.05, 0.1) is 45.7 Å². The van der Waals surface area contributed by atoms with E-state index in [0.29, 0.717) is 19.6 Å². The fraction of sp³-hybridized carbons (Fsp3) is 0.439. The smallest absolute Gasteiger partial charge is 0.408 e. The fourth-order valence-electron chi connectivity index (χ4n) is 5.83. The highest BCUT2D eigenvalue weighted by Gasteiger charge is 2.47. The fourth-order valence-corrected chi connectivity index (χ4v) is 5.83. The van der Waals surface area contributed by atoms with Crippen molar-refractivity contribution in [1.82, 2.24) is 10.6 Å². The third kappa shape index (κ3) is 13.5. The Morgan fingerprint density at radius 2 is 1.31 bits per heavy atom. The van der Waals surface area contributed by atoms with E-state index >= 15 is 0 Å². The van der Waals surface area contributed by atoms with Gasteiger partial charge in [-0.25, -0.2) is 9.59 Å². The van der Waals surface area contributed by atoms with Crippen molar-refractivity contribution in [2.45, 2.75) is 102 Å². The molecule has 0 bridgehead atoms. The summed E-state index contributed by atoms with van der Waals surface area (Å²) in [6.07, 6.45) is 1.03. The number of ether oxygens (including phenoxy) is 6. The maximum Gasteiger partial charge on any atom is 0.408 e. The van der Waals surface area contributed by atoms with Crippen LogP contribution in [-0.2, 0) is 57.8 Å². The molecule has 1 aliphatic heterocycles. The summed E-state index contributed by atoms with van der Waals surface area (Å²) in [5.41, 5.74) is 2.24. The quantitative estimate of drug-likeness (QED) is 0.127. The summed E-state index contributed by atoms with van der Waals surface area (Å²) in [6, 6.07) is 27.9. The van der Waals surface area contributed by atoms with Gasteiger partial charge in [-0.1, -0.05) is 103 Å². The molecule has 280 valence electrons. The van der Waals surface area contributed by atoms with E-state index in [1.54, 1.807) is 26.8 Å². The monoisotopic (exact) mass is 716 g/mol. The van der Waals surface area contributed by atoms with Crippen LogP contribution in [0.5, 0.6) is 0 Å². The van der Waals surface area contributed by atoms with Crippen LogP contribution in [0.15, 0.2) is 103 Å². The minimum absolute atomic E-state index is 0.143. The lowest BCUT2D eigenvalue weighted by Crippen LogP contribution is -2.65. The van der Waals surface area contributed by atoms with Crippen LogP contribution in [0.3, 0.4) is 0 Å². The summed E-state index contributed by atoms with van der Waals surface area (Å²) in [7, 11) is 1.26. The van der Waals surface area contributed by atoms with Crippen LogP contribution in [-0.4, -0.2) is 73.8 Å². The molecule has 4 rings (SSSR count). The molecule has 2 amide bonds. The van der Waals surface area contributed by atoms with Gasteiger partial charge in [0.2, 0.25) is 5.91 Å². The van der Waals surface area contributed by atoms with Crippen molar-refractivity contribution in [3.05, 3.63) is 120 Å². The number of esters is 1. The Bertz CT molecular complexity index is 1550. The number of carbonyl (C=O) groups is 3. The zero-order valence-electron chi connectivity index (χ0n) is 30.7. The van der Waals surface area contributed by atoms with E-state index in [4.69, 9.17) is 28.4 Å². The first-order chi connectivity index (χ1) is 25.0. The van der Waals surface area contributed by atoms with Crippen molar-refractivity contribution < 1.29 is 42.8 Å². The number of nitrogens with one attached hydrogen (secondary N) is 2. The molecule has 0 radical (unpaired) electrons. The van der Waals surface area contributed by atoms with Crippen molar-refractivity contribution in [2.75, 3.05) is 13.7 Å². The van der Waals surface area contributed by atoms with Crippen molar-refractivity contribution in [3.63, 3.8) is 0 Å². The molecule has 1 saturated heterocycles. The highest BCUT2D eigenvalue weighted by atomic mass is 16.6. The normalized spacial score (nSPS) is 20.9. The molecule has 0 aromatic heterocycles. The summed E-state index contributed by atoms with van der Waals surface area (Å²) >= 11 is 0. The number of rotatable bonds is 17. The molecule has 0 unspecified atom stereocenters. The Morgan fingerprint density at radius 1 is 0.769 bits per heavy atom. The zero-order valence-corrected chi connectivity index (χ0v) is 30.7. The van der Waals surface area contributed by atoms with Crippen LogP contribution >= 0.6 is 0 Å². The average Bonchev–Trinajstić information content (AvgIpc) is 3.12. The summed E-state index contributed by atoms with van der Waals surface area (Å²) < 4.78 is 36.5. The molecule has 11 heteroatoms. The van der Waals surface area contributed by atoms with Gasteiger partial charge in [0, 0.05) is 6.92 Å². The highest BCUT2D eigenvalue weighted by molar-refractivity contribution is 5.81. The Morgan fingerprint density at radius 3 is 1.83 bits per heavy atom. The summed E-state index contributed by atoms with van der Waals surface area (Å²) in [6.45, 7) is 7.84. The number of benzene rings is 3. The predicted molar refractivity (Wildman–Crippen MR) is 196 cm³/mol. The minimum atomic E-state index is -0.966. The number of amides is 2. The third-order valence-corrected chi connectivity index (χ3v) is 8.21. The van der Waals surface area contributed by atoms with E-state index in [1.165, 1.54) is 14.0 Å². The number of hydrogen-bond donors (Lipinski definition) is 2. The second-order valence-corrected chi connectivity index (χ2v) is 13.6. The largest absolute Gasteiger partial charge is 0.467 e. The van der Waals surface area contributed by atoms with Crippen molar-refractivity contribution in [1.29, 1.82) is 0 Å². The SMILES string of the molecule is COC(=O)[C@H](C/C=C/C[C@H]1O[C@H](COCc2ccccc2)[C@@H](OCc2ccccc2)[C@H](OCc2ccccc2)[C@H]1NC(C)=O)NC(=O)OC(C)(C)C. The Balaban J connectivity index is 1.59. The molecule has 1 aliphatic rings. The lowest BCUT2D eigenvalue weighted by molar-refractivity contribution is -0.231. The van der Waals surface area contributed by atoms with E-state index in [-0.39, 0.29) is 25.5 Å². The predicted octanol–water partition coefficient (Wildman–Crippen LogP) is 6.05. The minimum Gasteiger partial charge on any atom is -0.467 e. The molecule has 3 aromatic rings. The maximum atomic E-state index is 12.7. The Hall–Kier alpha value is -4.55. The highest BCUT2D eigenvalue weighted by Crippen LogP contribution is 2.30.